The Labute approximate surface area is 128 Å². The van der Waals surface area contributed by atoms with Gasteiger partial charge in [-0.05, 0) is 30.5 Å². The maximum absolute atomic E-state index is 12.1. The van der Waals surface area contributed by atoms with Crippen LogP contribution in [0.3, 0.4) is 0 Å². The van der Waals surface area contributed by atoms with Crippen molar-refractivity contribution in [2.24, 2.45) is 5.92 Å². The van der Waals surface area contributed by atoms with Crippen LogP contribution in [0, 0.1) is 17.2 Å². The lowest BCUT2D eigenvalue weighted by Crippen LogP contribution is -2.30. The third-order valence-electron chi connectivity index (χ3n) is 3.24. The van der Waals surface area contributed by atoms with Crippen molar-refractivity contribution in [3.8, 4) is 6.07 Å². The average molecular weight is 349 g/mol. The fourth-order valence-corrected chi connectivity index (χ4v) is 5.65. The molecule has 0 radical (unpaired) electrons. The van der Waals surface area contributed by atoms with Crippen LogP contribution in [0.25, 0.3) is 0 Å². The van der Waals surface area contributed by atoms with Gasteiger partial charge in [0, 0.05) is 6.54 Å². The largest absolute Gasteiger partial charge is 0.242 e. The molecule has 1 N–H and O–H groups in total. The second-order valence-corrected chi connectivity index (χ2v) is 9.25. The van der Waals surface area contributed by atoms with E-state index in [1.54, 1.807) is 0 Å². The van der Waals surface area contributed by atoms with Crippen LogP contribution in [-0.4, -0.2) is 34.9 Å². The number of sulfone groups is 1. The molecule has 21 heavy (non-hydrogen) atoms. The number of sulfonamides is 1. The second-order valence-electron chi connectivity index (χ2n) is 4.88. The topological polar surface area (TPSA) is 104 Å². The maximum atomic E-state index is 12.1. The Morgan fingerprint density at radius 2 is 2.14 bits per heavy atom. The van der Waals surface area contributed by atoms with Gasteiger partial charge in [0.1, 0.15) is 4.90 Å². The lowest BCUT2D eigenvalue weighted by Gasteiger charge is -2.11. The predicted molar refractivity (Wildman–Crippen MR) is 78.1 cm³/mol. The molecule has 1 atom stereocenters. The number of nitriles is 1. The van der Waals surface area contributed by atoms with Crippen LogP contribution in [0.15, 0.2) is 23.1 Å². The number of hydrogen-bond acceptors (Lipinski definition) is 5. The zero-order valence-corrected chi connectivity index (χ0v) is 13.3. The molecule has 1 aromatic carbocycles. The van der Waals surface area contributed by atoms with E-state index in [1.807, 2.05) is 6.07 Å². The second kappa shape index (κ2) is 5.93. The van der Waals surface area contributed by atoms with E-state index in [-0.39, 0.29) is 39.4 Å². The van der Waals surface area contributed by atoms with Gasteiger partial charge in [-0.2, -0.15) is 5.26 Å². The van der Waals surface area contributed by atoms with Crippen molar-refractivity contribution in [2.75, 3.05) is 18.1 Å². The molecule has 0 aliphatic carbocycles. The minimum absolute atomic E-state index is 0.00335. The summed E-state index contributed by atoms with van der Waals surface area (Å²) in [7, 11) is -6.87. The third kappa shape index (κ3) is 3.95. The summed E-state index contributed by atoms with van der Waals surface area (Å²) >= 11 is 5.87. The van der Waals surface area contributed by atoms with E-state index in [4.69, 9.17) is 16.9 Å². The number of halogens is 1. The van der Waals surface area contributed by atoms with E-state index < -0.39 is 19.9 Å². The molecule has 1 aliphatic heterocycles. The van der Waals surface area contributed by atoms with Crippen LogP contribution in [0.1, 0.15) is 12.0 Å². The fraction of sp³-hybridized carbons (Fsp3) is 0.417. The van der Waals surface area contributed by atoms with Gasteiger partial charge in [-0.3, -0.25) is 0 Å². The number of nitrogens with one attached hydrogen (secondary N) is 1. The van der Waals surface area contributed by atoms with Gasteiger partial charge in [-0.25, -0.2) is 21.6 Å². The highest BCUT2D eigenvalue weighted by Crippen LogP contribution is 2.23. The smallest absolute Gasteiger partial charge is 0.229 e. The Morgan fingerprint density at radius 1 is 1.43 bits per heavy atom. The summed E-state index contributed by atoms with van der Waals surface area (Å²) in [5, 5.41) is 8.68. The van der Waals surface area contributed by atoms with Crippen molar-refractivity contribution in [2.45, 2.75) is 11.3 Å². The van der Waals surface area contributed by atoms with Crippen LogP contribution in [0.5, 0.6) is 0 Å². The van der Waals surface area contributed by atoms with E-state index in [0.29, 0.717) is 6.42 Å². The minimum atomic E-state index is -3.83. The molecule has 2 rings (SSSR count). The Hall–Kier alpha value is -1.14. The summed E-state index contributed by atoms with van der Waals surface area (Å²) < 4.78 is 49.3. The van der Waals surface area contributed by atoms with Crippen molar-refractivity contribution >= 4 is 31.5 Å². The first-order valence-electron chi connectivity index (χ1n) is 6.13. The molecule has 0 amide bonds. The summed E-state index contributed by atoms with van der Waals surface area (Å²) in [6, 6.07) is 5.76. The van der Waals surface area contributed by atoms with E-state index in [0.717, 1.165) is 0 Å². The van der Waals surface area contributed by atoms with Crippen molar-refractivity contribution in [3.05, 3.63) is 28.8 Å². The maximum Gasteiger partial charge on any atom is 0.242 e. The average Bonchev–Trinajstić information content (AvgIpc) is 2.75. The van der Waals surface area contributed by atoms with Gasteiger partial charge in [0.25, 0.3) is 0 Å². The van der Waals surface area contributed by atoms with Gasteiger partial charge >= 0.3 is 0 Å². The highest BCUT2D eigenvalue weighted by molar-refractivity contribution is 7.91. The zero-order chi connectivity index (χ0) is 15.7. The first-order chi connectivity index (χ1) is 9.73. The molecule has 6 nitrogen and oxygen atoms in total. The van der Waals surface area contributed by atoms with Crippen LogP contribution >= 0.6 is 11.6 Å². The summed E-state index contributed by atoms with van der Waals surface area (Å²) in [6.45, 7) is 0.0535. The molecule has 0 aromatic heterocycles. The van der Waals surface area contributed by atoms with Crippen molar-refractivity contribution < 1.29 is 16.8 Å². The SMILES string of the molecule is N#Cc1ccc(S(=O)(=O)NCC2CCS(=O)(=O)C2)c(Cl)c1. The van der Waals surface area contributed by atoms with E-state index >= 15 is 0 Å². The minimum Gasteiger partial charge on any atom is -0.229 e. The van der Waals surface area contributed by atoms with Gasteiger partial charge in [0.05, 0.1) is 28.2 Å². The molecule has 1 heterocycles. The summed E-state index contributed by atoms with van der Waals surface area (Å²) in [5.41, 5.74) is 0.265. The zero-order valence-electron chi connectivity index (χ0n) is 10.9. The van der Waals surface area contributed by atoms with Crippen molar-refractivity contribution in [3.63, 3.8) is 0 Å². The summed E-state index contributed by atoms with van der Waals surface area (Å²) in [4.78, 5) is -0.121. The molecule has 0 saturated carbocycles. The highest BCUT2D eigenvalue weighted by Gasteiger charge is 2.29. The summed E-state index contributed by atoms with van der Waals surface area (Å²) in [5.74, 6) is -0.130. The predicted octanol–water partition coefficient (Wildman–Crippen LogP) is 0.925. The van der Waals surface area contributed by atoms with Crippen LogP contribution in [0.2, 0.25) is 5.02 Å². The molecule has 114 valence electrons. The number of benzene rings is 1. The number of nitrogens with zero attached hydrogens (tertiary/aromatic N) is 1. The molecule has 0 bridgehead atoms. The van der Waals surface area contributed by atoms with Crippen molar-refractivity contribution in [1.29, 1.82) is 5.26 Å². The third-order valence-corrected chi connectivity index (χ3v) is 6.98. The quantitative estimate of drug-likeness (QED) is 0.871. The molecular weight excluding hydrogens is 336 g/mol. The van der Waals surface area contributed by atoms with Gasteiger partial charge in [-0.15, -0.1) is 0 Å². The molecule has 1 unspecified atom stereocenters. The molecule has 1 saturated heterocycles. The van der Waals surface area contributed by atoms with E-state index in [1.165, 1.54) is 18.2 Å². The van der Waals surface area contributed by atoms with Gasteiger partial charge in [-0.1, -0.05) is 11.6 Å². The number of rotatable bonds is 4. The first-order valence-corrected chi connectivity index (χ1v) is 9.81. The molecular formula is C12H13ClN2O4S2. The summed E-state index contributed by atoms with van der Waals surface area (Å²) in [6.07, 6.45) is 0.450. The molecule has 9 heteroatoms. The molecule has 1 fully saturated rings. The van der Waals surface area contributed by atoms with Crippen LogP contribution in [-0.2, 0) is 19.9 Å². The van der Waals surface area contributed by atoms with Gasteiger partial charge < -0.3 is 0 Å². The van der Waals surface area contributed by atoms with Gasteiger partial charge in [0.2, 0.25) is 10.0 Å². The first kappa shape index (κ1) is 16.2. The fourth-order valence-electron chi connectivity index (χ4n) is 2.13. The monoisotopic (exact) mass is 348 g/mol. The van der Waals surface area contributed by atoms with E-state index in [9.17, 15) is 16.8 Å². The van der Waals surface area contributed by atoms with Crippen LogP contribution < -0.4 is 4.72 Å². The van der Waals surface area contributed by atoms with Crippen LogP contribution in [0.4, 0.5) is 0 Å². The molecule has 0 spiro atoms. The van der Waals surface area contributed by atoms with Crippen molar-refractivity contribution in [1.82, 2.24) is 4.72 Å². The Bertz CT molecular complexity index is 797. The Kier molecular flexibility index (Phi) is 4.58. The number of hydrogen-bond donors (Lipinski definition) is 1. The standard InChI is InChI=1S/C12H13ClN2O4S2/c13-11-5-9(6-14)1-2-12(11)21(18,19)15-7-10-3-4-20(16,17)8-10/h1-2,5,10,15H,3-4,7-8H2. The van der Waals surface area contributed by atoms with E-state index in [2.05, 4.69) is 4.72 Å². The highest BCUT2D eigenvalue weighted by atomic mass is 35.5. The molecule has 1 aliphatic rings. The Balaban J connectivity index is 2.11. The normalized spacial score (nSPS) is 21.0. The lowest BCUT2D eigenvalue weighted by atomic mass is 10.1. The lowest BCUT2D eigenvalue weighted by molar-refractivity contribution is 0.543. The Morgan fingerprint density at radius 3 is 2.67 bits per heavy atom. The van der Waals surface area contributed by atoms with Gasteiger partial charge in [0.15, 0.2) is 9.84 Å². The molecule has 1 aromatic rings.